The number of thiophene rings is 1. The number of nitrogens with zero attached hydrogens (tertiary/aromatic N) is 3. The lowest BCUT2D eigenvalue weighted by atomic mass is 9.79. The second-order valence-corrected chi connectivity index (χ2v) is 9.50. The summed E-state index contributed by atoms with van der Waals surface area (Å²) in [5.74, 6) is 1.04. The van der Waals surface area contributed by atoms with E-state index in [0.717, 1.165) is 44.9 Å². The second-order valence-electron chi connectivity index (χ2n) is 6.73. The topological polar surface area (TPSA) is 97.0 Å². The van der Waals surface area contributed by atoms with Crippen molar-refractivity contribution in [3.63, 3.8) is 0 Å². The van der Waals surface area contributed by atoms with E-state index in [2.05, 4.69) is 16.0 Å². The highest BCUT2D eigenvalue weighted by atomic mass is 32.2. The van der Waals surface area contributed by atoms with Crippen LogP contribution in [0.25, 0.3) is 21.5 Å². The molecular weight excluding hydrogens is 380 g/mol. The first kappa shape index (κ1) is 18.6. The van der Waals surface area contributed by atoms with Crippen molar-refractivity contribution in [3.05, 3.63) is 30.4 Å². The van der Waals surface area contributed by atoms with Gasteiger partial charge in [0, 0.05) is 36.9 Å². The summed E-state index contributed by atoms with van der Waals surface area (Å²) in [5, 5.41) is 0.986. The SMILES string of the molecule is COCCC[S+]([O-])c1sc2nc(-c3cncnc3)cc(C3CCC3)c2c1N. The zero-order chi connectivity index (χ0) is 18.8. The van der Waals surface area contributed by atoms with Gasteiger partial charge in [-0.1, -0.05) is 17.8 Å². The first-order chi connectivity index (χ1) is 13.2. The van der Waals surface area contributed by atoms with Crippen LogP contribution in [0, 0.1) is 0 Å². The number of fused-ring (bicyclic) bond motifs is 1. The highest BCUT2D eigenvalue weighted by Crippen LogP contribution is 2.46. The minimum absolute atomic E-state index is 0.491. The van der Waals surface area contributed by atoms with Gasteiger partial charge in [-0.15, -0.1) is 0 Å². The Morgan fingerprint density at radius 1 is 1.33 bits per heavy atom. The summed E-state index contributed by atoms with van der Waals surface area (Å²) in [6.45, 7) is 0.597. The summed E-state index contributed by atoms with van der Waals surface area (Å²) in [4.78, 5) is 13.9. The molecule has 3 heterocycles. The summed E-state index contributed by atoms with van der Waals surface area (Å²) >= 11 is 0.310. The summed E-state index contributed by atoms with van der Waals surface area (Å²) in [7, 11) is 1.65. The average Bonchev–Trinajstić information content (AvgIpc) is 2.98. The monoisotopic (exact) mass is 402 g/mol. The lowest BCUT2D eigenvalue weighted by Crippen LogP contribution is -2.11. The van der Waals surface area contributed by atoms with E-state index in [9.17, 15) is 4.55 Å². The van der Waals surface area contributed by atoms with Crippen molar-refractivity contribution < 1.29 is 9.29 Å². The van der Waals surface area contributed by atoms with Gasteiger partial charge in [0.2, 0.25) is 4.21 Å². The zero-order valence-corrected chi connectivity index (χ0v) is 16.8. The molecule has 1 fully saturated rings. The molecule has 0 aliphatic heterocycles. The highest BCUT2D eigenvalue weighted by Gasteiger charge is 2.29. The number of nitrogen functional groups attached to an aromatic ring is 1. The zero-order valence-electron chi connectivity index (χ0n) is 15.2. The molecule has 1 saturated carbocycles. The molecule has 0 spiro atoms. The van der Waals surface area contributed by atoms with E-state index < -0.39 is 11.2 Å². The summed E-state index contributed by atoms with van der Waals surface area (Å²) < 4.78 is 18.6. The van der Waals surface area contributed by atoms with E-state index in [0.29, 0.717) is 24.0 Å². The van der Waals surface area contributed by atoms with Crippen LogP contribution >= 0.6 is 11.3 Å². The van der Waals surface area contributed by atoms with Gasteiger partial charge < -0.3 is 15.0 Å². The molecule has 27 heavy (non-hydrogen) atoms. The van der Waals surface area contributed by atoms with Gasteiger partial charge >= 0.3 is 0 Å². The summed E-state index contributed by atoms with van der Waals surface area (Å²) in [5.41, 5.74) is 10.1. The smallest absolute Gasteiger partial charge is 0.232 e. The highest BCUT2D eigenvalue weighted by molar-refractivity contribution is 7.93. The molecule has 0 amide bonds. The van der Waals surface area contributed by atoms with Gasteiger partial charge in [0.25, 0.3) is 0 Å². The Morgan fingerprint density at radius 3 is 2.78 bits per heavy atom. The maximum Gasteiger partial charge on any atom is 0.232 e. The average molecular weight is 403 g/mol. The van der Waals surface area contributed by atoms with Crippen molar-refractivity contribution >= 4 is 38.4 Å². The van der Waals surface area contributed by atoms with Crippen molar-refractivity contribution in [1.82, 2.24) is 15.0 Å². The Kier molecular flexibility index (Phi) is 5.58. The van der Waals surface area contributed by atoms with Crippen LogP contribution < -0.4 is 5.73 Å². The van der Waals surface area contributed by atoms with Crippen molar-refractivity contribution in [3.8, 4) is 11.3 Å². The second kappa shape index (κ2) is 8.10. The Hall–Kier alpha value is -1.74. The van der Waals surface area contributed by atoms with Crippen LogP contribution in [0.5, 0.6) is 0 Å². The molecule has 142 valence electrons. The number of rotatable bonds is 7. The van der Waals surface area contributed by atoms with Crippen LogP contribution in [0.3, 0.4) is 0 Å². The normalized spacial score (nSPS) is 15.8. The molecule has 0 bridgehead atoms. The molecular formula is C19H22N4O2S2. The minimum Gasteiger partial charge on any atom is -0.611 e. The van der Waals surface area contributed by atoms with Crippen LogP contribution in [0.1, 0.15) is 37.2 Å². The van der Waals surface area contributed by atoms with Crippen molar-refractivity contribution in [2.24, 2.45) is 0 Å². The largest absolute Gasteiger partial charge is 0.611 e. The number of hydrogen-bond donors (Lipinski definition) is 1. The molecule has 1 aliphatic rings. The number of nitrogens with two attached hydrogens (primary N) is 1. The molecule has 0 aromatic carbocycles. The van der Waals surface area contributed by atoms with E-state index in [4.69, 9.17) is 15.5 Å². The summed E-state index contributed by atoms with van der Waals surface area (Å²) in [6, 6.07) is 2.12. The maximum atomic E-state index is 12.8. The van der Waals surface area contributed by atoms with Crippen LogP contribution in [0.15, 0.2) is 29.0 Å². The van der Waals surface area contributed by atoms with Crippen molar-refractivity contribution in [1.29, 1.82) is 0 Å². The van der Waals surface area contributed by atoms with E-state index in [1.165, 1.54) is 29.6 Å². The van der Waals surface area contributed by atoms with Gasteiger partial charge in [-0.2, -0.15) is 0 Å². The van der Waals surface area contributed by atoms with E-state index in [-0.39, 0.29) is 0 Å². The number of pyridine rings is 1. The first-order valence-electron chi connectivity index (χ1n) is 9.04. The Morgan fingerprint density at radius 2 is 2.11 bits per heavy atom. The third kappa shape index (κ3) is 3.67. The molecule has 8 heteroatoms. The Labute approximate surface area is 165 Å². The third-order valence-corrected chi connectivity index (χ3v) is 7.98. The van der Waals surface area contributed by atoms with Gasteiger partial charge in [-0.05, 0) is 41.6 Å². The minimum atomic E-state index is -1.14. The predicted molar refractivity (Wildman–Crippen MR) is 109 cm³/mol. The Bertz CT molecular complexity index is 928. The predicted octanol–water partition coefficient (Wildman–Crippen LogP) is 3.75. The molecule has 1 unspecified atom stereocenters. The molecule has 3 aromatic heterocycles. The molecule has 0 radical (unpaired) electrons. The summed E-state index contributed by atoms with van der Waals surface area (Å²) in [6.07, 6.45) is 9.35. The van der Waals surface area contributed by atoms with E-state index in [1.54, 1.807) is 19.5 Å². The van der Waals surface area contributed by atoms with Crippen molar-refractivity contribution in [2.75, 3.05) is 25.2 Å². The van der Waals surface area contributed by atoms with E-state index in [1.807, 2.05) is 0 Å². The fourth-order valence-corrected chi connectivity index (χ4v) is 5.98. The number of hydrogen-bond acceptors (Lipinski definition) is 7. The van der Waals surface area contributed by atoms with Gasteiger partial charge in [0.15, 0.2) is 0 Å². The quantitative estimate of drug-likeness (QED) is 0.477. The standard InChI is InChI=1S/C19H22N4O2S2/c1-25-6-3-7-27(24)19-17(20)16-14(12-4-2-5-12)8-15(23-18(16)26-19)13-9-21-11-22-10-13/h8-12H,2-7,20H2,1H3. The van der Waals surface area contributed by atoms with Crippen LogP contribution in [-0.4, -0.2) is 39.0 Å². The lowest BCUT2D eigenvalue weighted by Gasteiger charge is -2.27. The molecule has 1 aliphatic carbocycles. The van der Waals surface area contributed by atoms with Crippen LogP contribution in [0.4, 0.5) is 5.69 Å². The number of aromatic nitrogens is 3. The first-order valence-corrected chi connectivity index (χ1v) is 11.2. The fraction of sp³-hybridized carbons (Fsp3) is 0.421. The van der Waals surface area contributed by atoms with Crippen molar-refractivity contribution in [2.45, 2.75) is 35.8 Å². The number of methoxy groups -OCH3 is 1. The third-order valence-electron chi connectivity index (χ3n) is 4.98. The van der Waals surface area contributed by atoms with Gasteiger partial charge in [-0.3, -0.25) is 0 Å². The maximum absolute atomic E-state index is 12.8. The van der Waals surface area contributed by atoms with Crippen LogP contribution in [-0.2, 0) is 15.9 Å². The molecule has 1 atom stereocenters. The van der Waals surface area contributed by atoms with Gasteiger partial charge in [0.1, 0.15) is 22.6 Å². The molecule has 0 saturated heterocycles. The molecule has 6 nitrogen and oxygen atoms in total. The number of anilines is 1. The number of ether oxygens (including phenoxy) is 1. The van der Waals surface area contributed by atoms with Crippen LogP contribution in [0.2, 0.25) is 0 Å². The fourth-order valence-electron chi connectivity index (χ4n) is 3.35. The van der Waals surface area contributed by atoms with Gasteiger partial charge in [0.05, 0.1) is 12.3 Å². The molecule has 2 N–H and O–H groups in total. The molecule has 3 aromatic rings. The Balaban J connectivity index is 1.79. The van der Waals surface area contributed by atoms with E-state index >= 15 is 0 Å². The molecule has 4 rings (SSSR count). The lowest BCUT2D eigenvalue weighted by molar-refractivity contribution is 0.199. The van der Waals surface area contributed by atoms with Gasteiger partial charge in [-0.25, -0.2) is 15.0 Å².